The summed E-state index contributed by atoms with van der Waals surface area (Å²) in [6.07, 6.45) is -5.40. The van der Waals surface area contributed by atoms with Crippen molar-refractivity contribution in [2.24, 2.45) is 0 Å². The molecule has 1 aliphatic heterocycles. The quantitative estimate of drug-likeness (QED) is 0.343. The van der Waals surface area contributed by atoms with E-state index in [4.69, 9.17) is 14.9 Å². The van der Waals surface area contributed by atoms with Crippen LogP contribution >= 0.6 is 0 Å². The topological polar surface area (TPSA) is 110 Å². The molecule has 0 radical (unpaired) electrons. The fourth-order valence-electron chi connectivity index (χ4n) is 1.54. The second-order valence-electron chi connectivity index (χ2n) is 3.38. The average molecular weight is 208 g/mol. The second kappa shape index (κ2) is 5.01. The van der Waals surface area contributed by atoms with E-state index in [0.717, 1.165) is 0 Å². The zero-order valence-electron chi connectivity index (χ0n) is 7.65. The molecular weight excluding hydrogens is 192 g/mol. The molecule has 0 aromatic heterocycles. The Morgan fingerprint density at radius 2 is 1.43 bits per heavy atom. The first-order valence-corrected chi connectivity index (χ1v) is 4.53. The van der Waals surface area contributed by atoms with Crippen LogP contribution in [0.1, 0.15) is 6.42 Å². The lowest BCUT2D eigenvalue weighted by molar-refractivity contribution is -0.231. The lowest BCUT2D eigenvalue weighted by atomic mass is 9.94. The van der Waals surface area contributed by atoms with Crippen molar-refractivity contribution in [3.05, 3.63) is 0 Å². The molecule has 1 aliphatic rings. The maximum absolute atomic E-state index is 9.42. The fraction of sp³-hybridized carbons (Fsp3) is 1.00. The highest BCUT2D eigenvalue weighted by Gasteiger charge is 2.42. The number of ether oxygens (including phenoxy) is 1. The minimum absolute atomic E-state index is 0.154. The van der Waals surface area contributed by atoms with Crippen LogP contribution in [0.4, 0.5) is 0 Å². The summed E-state index contributed by atoms with van der Waals surface area (Å²) in [6.45, 7) is -0.629. The van der Waals surface area contributed by atoms with E-state index in [1.807, 2.05) is 0 Å². The first-order chi connectivity index (χ1) is 6.61. The minimum atomic E-state index is -1.35. The Hall–Kier alpha value is -0.240. The van der Waals surface area contributed by atoms with Crippen molar-refractivity contribution in [2.45, 2.75) is 36.9 Å². The van der Waals surface area contributed by atoms with Gasteiger partial charge >= 0.3 is 0 Å². The van der Waals surface area contributed by atoms with E-state index >= 15 is 0 Å². The molecule has 6 heteroatoms. The van der Waals surface area contributed by atoms with Gasteiger partial charge in [-0.2, -0.15) is 0 Å². The number of hydrogen-bond acceptors (Lipinski definition) is 6. The van der Waals surface area contributed by atoms with Crippen LogP contribution < -0.4 is 0 Å². The lowest BCUT2D eigenvalue weighted by Crippen LogP contribution is -2.58. The van der Waals surface area contributed by atoms with Gasteiger partial charge in [0.05, 0.1) is 12.7 Å². The predicted molar refractivity (Wildman–Crippen MR) is 45.5 cm³/mol. The largest absolute Gasteiger partial charge is 0.396 e. The Kier molecular flexibility index (Phi) is 4.24. The van der Waals surface area contributed by atoms with Gasteiger partial charge in [-0.25, -0.2) is 0 Å². The molecular formula is C8H16O6. The molecule has 6 nitrogen and oxygen atoms in total. The van der Waals surface area contributed by atoms with Crippen LogP contribution in [0.5, 0.6) is 0 Å². The number of hydrogen-bond donors (Lipinski definition) is 5. The SMILES string of the molecule is OCCC1OC(CO)[C@H](O)[C@@H](O)[C@@H]1O. The Bertz CT molecular complexity index is 171. The summed E-state index contributed by atoms with van der Waals surface area (Å²) in [7, 11) is 0. The van der Waals surface area contributed by atoms with Gasteiger partial charge in [-0.05, 0) is 6.42 Å². The first-order valence-electron chi connectivity index (χ1n) is 4.53. The average Bonchev–Trinajstić information content (AvgIpc) is 2.19. The smallest absolute Gasteiger partial charge is 0.111 e. The molecule has 1 heterocycles. The molecule has 0 aliphatic carbocycles. The van der Waals surface area contributed by atoms with Gasteiger partial charge in [-0.1, -0.05) is 0 Å². The van der Waals surface area contributed by atoms with Crippen molar-refractivity contribution in [1.82, 2.24) is 0 Å². The number of rotatable bonds is 3. The molecule has 14 heavy (non-hydrogen) atoms. The van der Waals surface area contributed by atoms with Gasteiger partial charge in [0, 0.05) is 6.61 Å². The minimum Gasteiger partial charge on any atom is -0.396 e. The summed E-state index contributed by atoms with van der Waals surface area (Å²) in [4.78, 5) is 0. The van der Waals surface area contributed by atoms with Crippen molar-refractivity contribution in [1.29, 1.82) is 0 Å². The van der Waals surface area contributed by atoms with E-state index in [1.54, 1.807) is 0 Å². The summed E-state index contributed by atoms with van der Waals surface area (Å²) in [5.41, 5.74) is 0. The molecule has 0 aromatic carbocycles. The van der Waals surface area contributed by atoms with Gasteiger partial charge in [0.1, 0.15) is 24.4 Å². The standard InChI is InChI=1S/C8H16O6/c9-2-1-4-6(11)8(13)7(12)5(3-10)14-4/h4-13H,1-3H2/t4?,5?,6-,7+,8+/m1/s1. The van der Waals surface area contributed by atoms with E-state index < -0.39 is 37.1 Å². The van der Waals surface area contributed by atoms with Crippen LogP contribution in [-0.2, 0) is 4.74 Å². The molecule has 1 saturated heterocycles. The molecule has 2 unspecified atom stereocenters. The van der Waals surface area contributed by atoms with Crippen LogP contribution in [0.3, 0.4) is 0 Å². The van der Waals surface area contributed by atoms with Crippen molar-refractivity contribution in [2.75, 3.05) is 13.2 Å². The first kappa shape index (κ1) is 11.8. The molecule has 1 fully saturated rings. The van der Waals surface area contributed by atoms with E-state index in [2.05, 4.69) is 0 Å². The Balaban J connectivity index is 2.63. The van der Waals surface area contributed by atoms with Crippen LogP contribution in [0, 0.1) is 0 Å². The second-order valence-corrected chi connectivity index (χ2v) is 3.38. The third-order valence-electron chi connectivity index (χ3n) is 2.40. The molecule has 0 bridgehead atoms. The van der Waals surface area contributed by atoms with E-state index in [9.17, 15) is 15.3 Å². The Morgan fingerprint density at radius 3 is 1.93 bits per heavy atom. The Morgan fingerprint density at radius 1 is 0.857 bits per heavy atom. The summed E-state index contributed by atoms with van der Waals surface area (Å²) in [5, 5.41) is 45.6. The summed E-state index contributed by atoms with van der Waals surface area (Å²) in [5.74, 6) is 0. The van der Waals surface area contributed by atoms with Crippen LogP contribution in [-0.4, -0.2) is 69.3 Å². The molecule has 0 amide bonds. The van der Waals surface area contributed by atoms with Gasteiger partial charge in [0.2, 0.25) is 0 Å². The maximum atomic E-state index is 9.42. The number of aliphatic hydroxyl groups is 5. The molecule has 0 saturated carbocycles. The third-order valence-corrected chi connectivity index (χ3v) is 2.40. The normalized spacial score (nSPS) is 43.9. The monoisotopic (exact) mass is 208 g/mol. The van der Waals surface area contributed by atoms with Gasteiger partial charge < -0.3 is 30.3 Å². The Labute approximate surface area is 81.4 Å². The van der Waals surface area contributed by atoms with Crippen molar-refractivity contribution >= 4 is 0 Å². The van der Waals surface area contributed by atoms with Crippen LogP contribution in [0.25, 0.3) is 0 Å². The molecule has 5 N–H and O–H groups in total. The summed E-state index contributed by atoms with van der Waals surface area (Å²) >= 11 is 0. The lowest BCUT2D eigenvalue weighted by Gasteiger charge is -2.39. The summed E-state index contributed by atoms with van der Waals surface area (Å²) in [6, 6.07) is 0. The van der Waals surface area contributed by atoms with Crippen molar-refractivity contribution in [3.8, 4) is 0 Å². The molecule has 0 aromatic rings. The van der Waals surface area contributed by atoms with Crippen molar-refractivity contribution in [3.63, 3.8) is 0 Å². The van der Waals surface area contributed by atoms with Crippen LogP contribution in [0.15, 0.2) is 0 Å². The number of aliphatic hydroxyl groups excluding tert-OH is 5. The molecule has 84 valence electrons. The molecule has 1 rings (SSSR count). The zero-order valence-corrected chi connectivity index (χ0v) is 7.65. The summed E-state index contributed by atoms with van der Waals surface area (Å²) < 4.78 is 5.10. The molecule has 0 spiro atoms. The van der Waals surface area contributed by atoms with E-state index in [0.29, 0.717) is 0 Å². The predicted octanol–water partition coefficient (Wildman–Crippen LogP) is -2.79. The van der Waals surface area contributed by atoms with Gasteiger partial charge in [0.15, 0.2) is 0 Å². The van der Waals surface area contributed by atoms with E-state index in [1.165, 1.54) is 0 Å². The van der Waals surface area contributed by atoms with Crippen LogP contribution in [0.2, 0.25) is 0 Å². The highest BCUT2D eigenvalue weighted by Crippen LogP contribution is 2.22. The van der Waals surface area contributed by atoms with Gasteiger partial charge in [0.25, 0.3) is 0 Å². The van der Waals surface area contributed by atoms with Gasteiger partial charge in [-0.15, -0.1) is 0 Å². The highest BCUT2D eigenvalue weighted by atomic mass is 16.5. The van der Waals surface area contributed by atoms with Gasteiger partial charge in [-0.3, -0.25) is 0 Å². The molecule has 5 atom stereocenters. The zero-order chi connectivity index (χ0) is 10.7. The highest BCUT2D eigenvalue weighted by molar-refractivity contribution is 4.91. The fourth-order valence-corrected chi connectivity index (χ4v) is 1.54. The maximum Gasteiger partial charge on any atom is 0.111 e. The van der Waals surface area contributed by atoms with Crippen molar-refractivity contribution < 1.29 is 30.3 Å². The van der Waals surface area contributed by atoms with E-state index in [-0.39, 0.29) is 13.0 Å². The third kappa shape index (κ3) is 2.22.